The Morgan fingerprint density at radius 3 is 2.78 bits per heavy atom. The maximum atomic E-state index is 11.6. The van der Waals surface area contributed by atoms with Gasteiger partial charge in [-0.2, -0.15) is 0 Å². The Labute approximate surface area is 111 Å². The predicted octanol–water partition coefficient (Wildman–Crippen LogP) is 2.83. The SMILES string of the molecule is Cc1csc(=O)n1Cc1cc([N+](=O)[O-])ccc1Cl. The van der Waals surface area contributed by atoms with Gasteiger partial charge in [0, 0.05) is 28.2 Å². The maximum Gasteiger partial charge on any atom is 0.307 e. The van der Waals surface area contributed by atoms with E-state index in [-0.39, 0.29) is 17.1 Å². The van der Waals surface area contributed by atoms with Gasteiger partial charge in [0.1, 0.15) is 0 Å². The van der Waals surface area contributed by atoms with E-state index in [1.54, 1.807) is 5.38 Å². The molecule has 0 aliphatic heterocycles. The zero-order valence-corrected chi connectivity index (χ0v) is 11.0. The van der Waals surface area contributed by atoms with Gasteiger partial charge in [-0.3, -0.25) is 19.5 Å². The van der Waals surface area contributed by atoms with Crippen LogP contribution in [0.1, 0.15) is 11.3 Å². The summed E-state index contributed by atoms with van der Waals surface area (Å²) < 4.78 is 1.54. The summed E-state index contributed by atoms with van der Waals surface area (Å²) >= 11 is 7.09. The summed E-state index contributed by atoms with van der Waals surface area (Å²) in [5, 5.41) is 12.9. The predicted molar refractivity (Wildman–Crippen MR) is 70.5 cm³/mol. The summed E-state index contributed by atoms with van der Waals surface area (Å²) in [5.74, 6) is 0. The van der Waals surface area contributed by atoms with Crippen molar-refractivity contribution in [3.05, 3.63) is 59.6 Å². The van der Waals surface area contributed by atoms with Crippen molar-refractivity contribution in [2.45, 2.75) is 13.5 Å². The van der Waals surface area contributed by atoms with Crippen LogP contribution in [0.5, 0.6) is 0 Å². The molecular weight excluding hydrogens is 276 g/mol. The normalized spacial score (nSPS) is 10.6. The lowest BCUT2D eigenvalue weighted by molar-refractivity contribution is -0.384. The van der Waals surface area contributed by atoms with Crippen molar-refractivity contribution in [1.82, 2.24) is 4.57 Å². The van der Waals surface area contributed by atoms with Gasteiger partial charge < -0.3 is 0 Å². The Morgan fingerprint density at radius 2 is 2.22 bits per heavy atom. The number of nitrogens with zero attached hydrogens (tertiary/aromatic N) is 2. The van der Waals surface area contributed by atoms with E-state index in [0.717, 1.165) is 17.0 Å². The zero-order valence-electron chi connectivity index (χ0n) is 9.42. The van der Waals surface area contributed by atoms with Gasteiger partial charge in [0.15, 0.2) is 0 Å². The highest BCUT2D eigenvalue weighted by Gasteiger charge is 2.12. The second-order valence-corrected chi connectivity index (χ2v) is 4.99. The lowest BCUT2D eigenvalue weighted by atomic mass is 10.2. The molecule has 0 N–H and O–H groups in total. The van der Waals surface area contributed by atoms with Crippen molar-refractivity contribution in [2.24, 2.45) is 0 Å². The minimum Gasteiger partial charge on any atom is -0.299 e. The first-order valence-electron chi connectivity index (χ1n) is 5.07. The number of aromatic nitrogens is 1. The molecule has 2 rings (SSSR count). The van der Waals surface area contributed by atoms with E-state index in [2.05, 4.69) is 0 Å². The molecule has 1 aromatic carbocycles. The number of hydrogen-bond acceptors (Lipinski definition) is 4. The Balaban J connectivity index is 2.43. The summed E-state index contributed by atoms with van der Waals surface area (Å²) in [4.78, 5) is 21.7. The molecule has 0 saturated carbocycles. The molecule has 0 amide bonds. The third-order valence-electron chi connectivity index (χ3n) is 2.55. The molecule has 0 saturated heterocycles. The van der Waals surface area contributed by atoms with E-state index in [9.17, 15) is 14.9 Å². The fraction of sp³-hybridized carbons (Fsp3) is 0.182. The van der Waals surface area contributed by atoms with Crippen molar-refractivity contribution < 1.29 is 4.92 Å². The van der Waals surface area contributed by atoms with E-state index in [0.29, 0.717) is 10.6 Å². The van der Waals surface area contributed by atoms with E-state index in [4.69, 9.17) is 11.6 Å². The minimum atomic E-state index is -0.483. The number of thiazole rings is 1. The van der Waals surface area contributed by atoms with Crippen LogP contribution in [0.15, 0.2) is 28.4 Å². The fourth-order valence-electron chi connectivity index (χ4n) is 1.56. The quantitative estimate of drug-likeness (QED) is 0.643. The number of hydrogen-bond donors (Lipinski definition) is 0. The fourth-order valence-corrected chi connectivity index (χ4v) is 2.47. The molecule has 0 spiro atoms. The number of rotatable bonds is 3. The van der Waals surface area contributed by atoms with Gasteiger partial charge in [0.25, 0.3) is 5.69 Å². The summed E-state index contributed by atoms with van der Waals surface area (Å²) in [5.41, 5.74) is 1.34. The van der Waals surface area contributed by atoms with Crippen LogP contribution in [0.4, 0.5) is 5.69 Å². The third-order valence-corrected chi connectivity index (χ3v) is 3.79. The Bertz CT molecular complexity index is 663. The Hall–Kier alpha value is -1.66. The first-order valence-corrected chi connectivity index (χ1v) is 6.32. The number of nitro groups is 1. The molecule has 1 aromatic heterocycles. The number of benzene rings is 1. The molecule has 0 atom stereocenters. The molecule has 0 unspecified atom stereocenters. The van der Waals surface area contributed by atoms with E-state index < -0.39 is 4.92 Å². The van der Waals surface area contributed by atoms with E-state index >= 15 is 0 Å². The van der Waals surface area contributed by atoms with Crippen molar-refractivity contribution in [3.63, 3.8) is 0 Å². The van der Waals surface area contributed by atoms with Crippen molar-refractivity contribution in [2.75, 3.05) is 0 Å². The van der Waals surface area contributed by atoms with Gasteiger partial charge in [-0.1, -0.05) is 22.9 Å². The number of non-ortho nitro benzene ring substituents is 1. The van der Waals surface area contributed by atoms with E-state index in [1.165, 1.54) is 22.8 Å². The van der Waals surface area contributed by atoms with Crippen molar-refractivity contribution >= 4 is 28.6 Å². The van der Waals surface area contributed by atoms with Crippen LogP contribution >= 0.6 is 22.9 Å². The van der Waals surface area contributed by atoms with Crippen LogP contribution in [0.25, 0.3) is 0 Å². The van der Waals surface area contributed by atoms with E-state index in [1.807, 2.05) is 6.92 Å². The molecule has 94 valence electrons. The Morgan fingerprint density at radius 1 is 1.50 bits per heavy atom. The molecule has 0 aliphatic rings. The van der Waals surface area contributed by atoms with Gasteiger partial charge in [-0.15, -0.1) is 0 Å². The number of nitro benzene ring substituents is 1. The Kier molecular flexibility index (Phi) is 3.49. The molecule has 2 aromatic rings. The van der Waals surface area contributed by atoms with Gasteiger partial charge in [-0.05, 0) is 18.6 Å². The average molecular weight is 285 g/mol. The highest BCUT2D eigenvalue weighted by molar-refractivity contribution is 7.07. The monoisotopic (exact) mass is 284 g/mol. The number of aryl methyl sites for hydroxylation is 1. The molecule has 18 heavy (non-hydrogen) atoms. The maximum absolute atomic E-state index is 11.6. The van der Waals surface area contributed by atoms with Gasteiger partial charge in [-0.25, -0.2) is 0 Å². The molecule has 0 fully saturated rings. The van der Waals surface area contributed by atoms with Crippen LogP contribution in [0, 0.1) is 17.0 Å². The summed E-state index contributed by atoms with van der Waals surface area (Å²) in [6.45, 7) is 2.05. The molecule has 0 radical (unpaired) electrons. The van der Waals surface area contributed by atoms with Crippen LogP contribution in [-0.2, 0) is 6.54 Å². The zero-order chi connectivity index (χ0) is 13.3. The second kappa shape index (κ2) is 4.91. The molecule has 1 heterocycles. The molecule has 0 aliphatic carbocycles. The van der Waals surface area contributed by atoms with Crippen LogP contribution in [0.3, 0.4) is 0 Å². The minimum absolute atomic E-state index is 0.0321. The average Bonchev–Trinajstić information content (AvgIpc) is 2.63. The largest absolute Gasteiger partial charge is 0.307 e. The first kappa shape index (κ1) is 12.8. The van der Waals surface area contributed by atoms with Crippen molar-refractivity contribution in [3.8, 4) is 0 Å². The van der Waals surface area contributed by atoms with Crippen LogP contribution < -0.4 is 4.87 Å². The lowest BCUT2D eigenvalue weighted by Gasteiger charge is -2.06. The molecule has 5 nitrogen and oxygen atoms in total. The number of halogens is 1. The van der Waals surface area contributed by atoms with Crippen molar-refractivity contribution in [1.29, 1.82) is 0 Å². The molecular formula is C11H9ClN2O3S. The summed E-state index contributed by atoms with van der Waals surface area (Å²) in [6, 6.07) is 4.21. The summed E-state index contributed by atoms with van der Waals surface area (Å²) in [7, 11) is 0. The van der Waals surface area contributed by atoms with Crippen LogP contribution in [0.2, 0.25) is 5.02 Å². The summed E-state index contributed by atoms with van der Waals surface area (Å²) in [6.07, 6.45) is 0. The lowest BCUT2D eigenvalue weighted by Crippen LogP contribution is -2.15. The topological polar surface area (TPSA) is 65.1 Å². The smallest absolute Gasteiger partial charge is 0.299 e. The second-order valence-electron chi connectivity index (χ2n) is 3.76. The molecule has 0 bridgehead atoms. The highest BCUT2D eigenvalue weighted by atomic mass is 35.5. The van der Waals surface area contributed by atoms with Gasteiger partial charge in [0.05, 0.1) is 11.5 Å². The van der Waals surface area contributed by atoms with Gasteiger partial charge >= 0.3 is 4.87 Å². The van der Waals surface area contributed by atoms with Crippen LogP contribution in [-0.4, -0.2) is 9.49 Å². The highest BCUT2D eigenvalue weighted by Crippen LogP contribution is 2.23. The third kappa shape index (κ3) is 2.44. The molecule has 7 heteroatoms. The standard InChI is InChI=1S/C11H9ClN2O3S/c1-7-6-18-11(15)13(7)5-8-4-9(14(16)17)2-3-10(8)12/h2-4,6H,5H2,1H3. The van der Waals surface area contributed by atoms with Gasteiger partial charge in [0.2, 0.25) is 0 Å². The first-order chi connectivity index (χ1) is 8.49.